The summed E-state index contributed by atoms with van der Waals surface area (Å²) in [5, 5.41) is -0.0591. The topological polar surface area (TPSA) is 81.3 Å². The molecule has 1 radical (unpaired) electrons. The van der Waals surface area contributed by atoms with E-state index in [1.54, 1.807) is 5.48 Å². The zero-order valence-corrected chi connectivity index (χ0v) is 30.5. The van der Waals surface area contributed by atoms with Gasteiger partial charge in [0.1, 0.15) is 18.2 Å². The number of ketones is 1. The summed E-state index contributed by atoms with van der Waals surface area (Å²) in [4.78, 5) is 33.3. The van der Waals surface area contributed by atoms with Gasteiger partial charge in [-0.15, -0.1) is 6.58 Å². The summed E-state index contributed by atoms with van der Waals surface area (Å²) in [6.45, 7) is 33.9. The van der Waals surface area contributed by atoms with Crippen LogP contribution in [0, 0.1) is 17.3 Å². The van der Waals surface area contributed by atoms with Crippen molar-refractivity contribution >= 4 is 28.4 Å². The largest absolute Gasteiger partial charge is 0.641 e. The van der Waals surface area contributed by atoms with E-state index in [4.69, 9.17) is 13.7 Å². The smallest absolute Gasteiger partial charge is 0.413 e. The SMILES string of the molecule is C=C[C@H](C)[C@H](O[Si](C)(C)C(C)(C)C)[C@@H](C)C(=O)C(C)(C)[C@H](CC(=[O+])O[NH2+]C1CCCCC1)O[Si](C)(C)C(C)(C)C. The molecule has 8 heteroatoms. The molecule has 0 aromatic heterocycles. The van der Waals surface area contributed by atoms with Crippen molar-refractivity contribution in [2.24, 2.45) is 17.3 Å². The molecule has 1 aliphatic rings. The van der Waals surface area contributed by atoms with Crippen LogP contribution in [0.25, 0.3) is 0 Å². The van der Waals surface area contributed by atoms with Crippen molar-refractivity contribution in [2.75, 3.05) is 0 Å². The van der Waals surface area contributed by atoms with Crippen LogP contribution in [-0.2, 0) is 23.3 Å². The third-order valence-corrected chi connectivity index (χ3v) is 19.1. The highest BCUT2D eigenvalue weighted by Gasteiger charge is 2.51. The van der Waals surface area contributed by atoms with Gasteiger partial charge in [-0.25, -0.2) is 0 Å². The first kappa shape index (κ1) is 37.2. The van der Waals surface area contributed by atoms with E-state index < -0.39 is 34.1 Å². The van der Waals surface area contributed by atoms with Gasteiger partial charge in [0.15, 0.2) is 16.6 Å². The first-order valence-corrected chi connectivity index (χ1v) is 21.3. The molecule has 4 atom stereocenters. The molecule has 0 spiro atoms. The van der Waals surface area contributed by atoms with Crippen LogP contribution in [0.1, 0.15) is 108 Å². The Morgan fingerprint density at radius 1 is 0.925 bits per heavy atom. The Hall–Kier alpha value is -0.806. The fraction of sp³-hybridized carbons (Fsp3) is 0.875. The lowest BCUT2D eigenvalue weighted by Gasteiger charge is -2.45. The van der Waals surface area contributed by atoms with Crippen LogP contribution in [0.15, 0.2) is 12.7 Å². The van der Waals surface area contributed by atoms with E-state index in [0.717, 1.165) is 12.8 Å². The first-order valence-electron chi connectivity index (χ1n) is 15.5. The van der Waals surface area contributed by atoms with Crippen molar-refractivity contribution in [1.82, 2.24) is 0 Å². The molecule has 233 valence electrons. The van der Waals surface area contributed by atoms with Gasteiger partial charge < -0.3 is 8.85 Å². The normalized spacial score (nSPS) is 19.4. The van der Waals surface area contributed by atoms with Crippen molar-refractivity contribution in [3.05, 3.63) is 12.7 Å². The highest BCUT2D eigenvalue weighted by molar-refractivity contribution is 6.74. The minimum Gasteiger partial charge on any atom is -0.413 e. The molecule has 1 saturated carbocycles. The van der Waals surface area contributed by atoms with Gasteiger partial charge >= 0.3 is 5.97 Å². The second-order valence-electron chi connectivity index (χ2n) is 15.9. The van der Waals surface area contributed by atoms with Crippen molar-refractivity contribution in [3.8, 4) is 0 Å². The molecule has 1 aliphatic carbocycles. The molecule has 0 aromatic rings. The summed E-state index contributed by atoms with van der Waals surface area (Å²) in [7, 11) is -4.47. The van der Waals surface area contributed by atoms with Crippen LogP contribution in [0.4, 0.5) is 0 Å². The fourth-order valence-corrected chi connectivity index (χ4v) is 7.72. The Morgan fingerprint density at radius 2 is 1.40 bits per heavy atom. The van der Waals surface area contributed by atoms with Crippen LogP contribution in [0.3, 0.4) is 0 Å². The quantitative estimate of drug-likeness (QED) is 0.0965. The van der Waals surface area contributed by atoms with E-state index in [-0.39, 0.29) is 40.3 Å². The maximum absolute atomic E-state index is 14.4. The number of nitrogens with two attached hydrogens (primary N) is 1. The van der Waals surface area contributed by atoms with Crippen LogP contribution in [0.5, 0.6) is 0 Å². The van der Waals surface area contributed by atoms with Gasteiger partial charge in [0.2, 0.25) is 0 Å². The lowest BCUT2D eigenvalue weighted by molar-refractivity contribution is -0.897. The van der Waals surface area contributed by atoms with Crippen molar-refractivity contribution in [3.63, 3.8) is 0 Å². The van der Waals surface area contributed by atoms with Crippen molar-refractivity contribution in [1.29, 1.82) is 0 Å². The zero-order valence-electron chi connectivity index (χ0n) is 28.5. The minimum absolute atomic E-state index is 0.00121. The maximum atomic E-state index is 14.4. The van der Waals surface area contributed by atoms with Gasteiger partial charge in [-0.05, 0) is 55.0 Å². The second-order valence-corrected chi connectivity index (χ2v) is 25.4. The molecular weight excluding hydrogens is 535 g/mol. The zero-order chi connectivity index (χ0) is 31.3. The average Bonchev–Trinajstić information content (AvgIpc) is 2.83. The molecule has 0 saturated heterocycles. The van der Waals surface area contributed by atoms with Gasteiger partial charge in [-0.1, -0.05) is 92.1 Å². The molecule has 1 rings (SSSR count). The van der Waals surface area contributed by atoms with E-state index in [1.807, 2.05) is 26.8 Å². The van der Waals surface area contributed by atoms with Crippen LogP contribution in [-0.4, -0.2) is 46.6 Å². The van der Waals surface area contributed by atoms with E-state index in [9.17, 15) is 9.59 Å². The lowest BCUT2D eigenvalue weighted by Crippen LogP contribution is -2.90. The number of hydrogen-bond acceptors (Lipinski definition) is 5. The number of quaternary nitrogens is 1. The Morgan fingerprint density at radius 3 is 1.85 bits per heavy atom. The summed E-state index contributed by atoms with van der Waals surface area (Å²) >= 11 is 0. The molecule has 1 fully saturated rings. The Balaban J connectivity index is 3.31. The third kappa shape index (κ3) is 9.89. The number of Topliss-reactive ketones (excluding diaryl/α,β-unsaturated/α-hetero) is 1. The summed E-state index contributed by atoms with van der Waals surface area (Å²) in [6, 6.07) is 0.320. The van der Waals surface area contributed by atoms with E-state index in [1.165, 1.54) is 19.3 Å². The van der Waals surface area contributed by atoms with E-state index >= 15 is 0 Å². The van der Waals surface area contributed by atoms with Gasteiger partial charge in [-0.2, -0.15) is 0 Å². The average molecular weight is 599 g/mol. The van der Waals surface area contributed by atoms with E-state index in [0.29, 0.717) is 6.04 Å². The van der Waals surface area contributed by atoms with Crippen LogP contribution >= 0.6 is 0 Å². The summed E-state index contributed by atoms with van der Waals surface area (Å²) < 4.78 is 13.7. The summed E-state index contributed by atoms with van der Waals surface area (Å²) in [5.74, 6) is -0.667. The van der Waals surface area contributed by atoms with Crippen molar-refractivity contribution < 1.29 is 28.8 Å². The molecule has 0 aliphatic heterocycles. The van der Waals surface area contributed by atoms with Crippen molar-refractivity contribution in [2.45, 2.75) is 162 Å². The summed E-state index contributed by atoms with van der Waals surface area (Å²) in [6.07, 6.45) is 6.77. The van der Waals surface area contributed by atoms with Gasteiger partial charge in [0, 0.05) is 24.2 Å². The standard InChI is InChI=1S/C32H63NO5Si2/c1-16-23(2)28(38-40(14,15)31(7,8)9)24(3)29(35)32(10,11)26(37-39(12,13)30(4,5)6)22-27(34)36-33-25-20-18-17-19-21-25/h16,23-26,28,33H,1,17-22H2,2-15H3/q+1/p+1/t23-,24+,26-,28-/m0/s1. The van der Waals surface area contributed by atoms with Gasteiger partial charge in [0.05, 0.1) is 17.0 Å². The monoisotopic (exact) mass is 598 g/mol. The van der Waals surface area contributed by atoms with E-state index in [2.05, 4.69) is 81.2 Å². The maximum Gasteiger partial charge on any atom is 0.641 e. The first-order chi connectivity index (χ1) is 18.0. The Labute approximate surface area is 249 Å². The predicted molar refractivity (Wildman–Crippen MR) is 171 cm³/mol. The predicted octanol–water partition coefficient (Wildman–Crippen LogP) is 7.57. The number of carbonyl (C=O) groups excluding carboxylic acids is 2. The number of rotatable bonds is 14. The highest BCUT2D eigenvalue weighted by Crippen LogP contribution is 2.43. The molecule has 2 N–H and O–H groups in total. The fourth-order valence-electron chi connectivity index (χ4n) is 4.83. The number of carbonyl (C=O) groups is 2. The van der Waals surface area contributed by atoms with Gasteiger partial charge in [0.25, 0.3) is 0 Å². The van der Waals surface area contributed by atoms with Crippen LogP contribution < -0.4 is 5.48 Å². The molecule has 6 nitrogen and oxygen atoms in total. The molecule has 0 unspecified atom stereocenters. The molecular formula is C32H64NO5Si2+2. The summed E-state index contributed by atoms with van der Waals surface area (Å²) in [5.41, 5.74) is 0.811. The highest BCUT2D eigenvalue weighted by atomic mass is 28.4. The molecule has 40 heavy (non-hydrogen) atoms. The molecule has 0 bridgehead atoms. The minimum atomic E-state index is -2.31. The van der Waals surface area contributed by atoms with Crippen LogP contribution in [0.2, 0.25) is 36.3 Å². The molecule has 0 amide bonds. The molecule has 0 heterocycles. The Kier molecular flexibility index (Phi) is 13.1. The second kappa shape index (κ2) is 14.1. The lowest BCUT2D eigenvalue weighted by atomic mass is 9.73. The Bertz CT molecular complexity index is 850. The number of hydroxylamine groups is 1. The van der Waals surface area contributed by atoms with Gasteiger partial charge in [-0.3, -0.25) is 4.79 Å². The third-order valence-electron chi connectivity index (χ3n) is 10.1. The molecule has 0 aromatic carbocycles. The number of hydrogen-bond donors (Lipinski definition) is 1.